The van der Waals surface area contributed by atoms with Gasteiger partial charge in [-0.05, 0) is 37.0 Å². The number of hydrogen-bond donors (Lipinski definition) is 2. The third-order valence-electron chi connectivity index (χ3n) is 4.49. The molecule has 5 nitrogen and oxygen atoms in total. The third kappa shape index (κ3) is 4.06. The Morgan fingerprint density at radius 2 is 2.07 bits per heavy atom. The largest absolute Gasteiger partial charge is 0.386 e. The minimum atomic E-state index is -2.83. The van der Waals surface area contributed by atoms with Crippen molar-refractivity contribution >= 4 is 47.0 Å². The summed E-state index contributed by atoms with van der Waals surface area (Å²) < 4.78 is 40.8. The highest BCUT2D eigenvalue weighted by atomic mass is 35.5. The van der Waals surface area contributed by atoms with Crippen LogP contribution in [-0.4, -0.2) is 38.7 Å². The van der Waals surface area contributed by atoms with Gasteiger partial charge >= 0.3 is 0 Å². The third-order valence-corrected chi connectivity index (χ3v) is 4.78. The minimum absolute atomic E-state index is 0.111. The molecular formula is C19H18ClF3N4O. The van der Waals surface area contributed by atoms with Crippen molar-refractivity contribution in [3.8, 4) is 0 Å². The van der Waals surface area contributed by atoms with Gasteiger partial charge in [0.15, 0.2) is 0 Å². The monoisotopic (exact) mass is 410 g/mol. The van der Waals surface area contributed by atoms with E-state index < -0.39 is 24.2 Å². The Hall–Kier alpha value is -2.74. The fraction of sp³-hybridized carbons (Fsp3) is 0.263. The van der Waals surface area contributed by atoms with Crippen LogP contribution in [0.3, 0.4) is 0 Å². The van der Waals surface area contributed by atoms with Gasteiger partial charge in [0.25, 0.3) is 11.8 Å². The lowest BCUT2D eigenvalue weighted by Crippen LogP contribution is -2.27. The molecule has 9 heteroatoms. The Labute approximate surface area is 165 Å². The van der Waals surface area contributed by atoms with Crippen LogP contribution >= 0.6 is 11.6 Å². The first-order valence-electron chi connectivity index (χ1n) is 8.46. The number of carbonyl (C=O) groups is 1. The Balaban J connectivity index is 2.00. The molecule has 0 spiro atoms. The lowest BCUT2D eigenvalue weighted by Gasteiger charge is -2.23. The highest BCUT2D eigenvalue weighted by Crippen LogP contribution is 2.38. The van der Waals surface area contributed by atoms with E-state index in [0.29, 0.717) is 17.1 Å². The van der Waals surface area contributed by atoms with Gasteiger partial charge < -0.3 is 15.5 Å². The molecule has 2 aromatic carbocycles. The van der Waals surface area contributed by atoms with Crippen LogP contribution in [0.1, 0.15) is 16.8 Å². The van der Waals surface area contributed by atoms with Crippen molar-refractivity contribution in [1.29, 1.82) is 0 Å². The average Bonchev–Trinajstić information content (AvgIpc) is 3.03. The summed E-state index contributed by atoms with van der Waals surface area (Å²) in [5.41, 5.74) is 1.74. The number of rotatable bonds is 5. The van der Waals surface area contributed by atoms with Gasteiger partial charge in [0, 0.05) is 25.7 Å². The molecule has 0 saturated carbocycles. The van der Waals surface area contributed by atoms with Gasteiger partial charge in [-0.3, -0.25) is 9.79 Å². The Bertz CT molecular complexity index is 936. The second-order valence-electron chi connectivity index (χ2n) is 6.41. The number of amides is 1. The number of aliphatic imine (C=N–C) groups is 1. The summed E-state index contributed by atoms with van der Waals surface area (Å²) in [5, 5.41) is 5.39. The maximum Gasteiger partial charge on any atom is 0.266 e. The number of anilines is 3. The maximum atomic E-state index is 13.7. The van der Waals surface area contributed by atoms with E-state index in [1.165, 1.54) is 23.1 Å². The molecule has 2 N–H and O–H groups in total. The van der Waals surface area contributed by atoms with E-state index in [1.807, 2.05) is 0 Å². The van der Waals surface area contributed by atoms with Crippen molar-refractivity contribution in [2.75, 3.05) is 35.7 Å². The molecular weight excluding hydrogens is 393 g/mol. The molecule has 0 unspecified atom stereocenters. The zero-order chi connectivity index (χ0) is 20.5. The lowest BCUT2D eigenvalue weighted by atomic mass is 10.1. The molecule has 148 valence electrons. The number of carbonyl (C=O) groups excluding carboxylic acids is 1. The summed E-state index contributed by atoms with van der Waals surface area (Å²) in [6.07, 6.45) is -0.294. The van der Waals surface area contributed by atoms with Crippen LogP contribution in [0.15, 0.2) is 35.3 Å². The van der Waals surface area contributed by atoms with Gasteiger partial charge in [-0.25, -0.2) is 13.2 Å². The standard InChI is InChI=1S/C19H18ClF3N4O/c1-24-15-8-12(18(28)26-11-3-4-14(21)13(20)7-11)17(9-16(15)25-2)27-6-5-19(22,23)10-27/h3-4,7-9,25H,1,5-6,10H2,2H3,(H,26,28). The number of nitrogens with one attached hydrogen (secondary N) is 2. The van der Waals surface area contributed by atoms with Crippen molar-refractivity contribution in [2.45, 2.75) is 12.3 Å². The van der Waals surface area contributed by atoms with E-state index in [9.17, 15) is 18.0 Å². The van der Waals surface area contributed by atoms with Crippen LogP contribution < -0.4 is 15.5 Å². The predicted octanol–water partition coefficient (Wildman–Crippen LogP) is 4.95. The van der Waals surface area contributed by atoms with E-state index in [2.05, 4.69) is 22.3 Å². The fourth-order valence-corrected chi connectivity index (χ4v) is 3.25. The number of halogens is 4. The first-order chi connectivity index (χ1) is 13.2. The quantitative estimate of drug-likeness (QED) is 0.686. The minimum Gasteiger partial charge on any atom is -0.386 e. The molecule has 1 saturated heterocycles. The lowest BCUT2D eigenvalue weighted by molar-refractivity contribution is 0.0257. The van der Waals surface area contributed by atoms with Crippen LogP contribution in [0.4, 0.5) is 35.9 Å². The predicted molar refractivity (Wildman–Crippen MR) is 106 cm³/mol. The molecule has 0 bridgehead atoms. The summed E-state index contributed by atoms with van der Waals surface area (Å²) in [6, 6.07) is 6.83. The van der Waals surface area contributed by atoms with Gasteiger partial charge in [-0.1, -0.05) is 11.6 Å². The summed E-state index contributed by atoms with van der Waals surface area (Å²) in [7, 11) is 1.66. The number of benzene rings is 2. The average molecular weight is 411 g/mol. The normalized spacial score (nSPS) is 15.4. The van der Waals surface area contributed by atoms with Crippen molar-refractivity contribution in [3.63, 3.8) is 0 Å². The second-order valence-corrected chi connectivity index (χ2v) is 6.81. The summed E-state index contributed by atoms with van der Waals surface area (Å²) in [6.45, 7) is 3.11. The zero-order valence-electron chi connectivity index (χ0n) is 15.0. The van der Waals surface area contributed by atoms with Crippen LogP contribution in [-0.2, 0) is 0 Å². The molecule has 0 atom stereocenters. The molecule has 1 aliphatic rings. The number of nitrogens with zero attached hydrogens (tertiary/aromatic N) is 2. The molecule has 28 heavy (non-hydrogen) atoms. The van der Waals surface area contributed by atoms with Crippen LogP contribution in [0, 0.1) is 5.82 Å². The van der Waals surface area contributed by atoms with Gasteiger partial charge in [-0.2, -0.15) is 0 Å². The first-order valence-corrected chi connectivity index (χ1v) is 8.83. The van der Waals surface area contributed by atoms with Crippen LogP contribution in [0.5, 0.6) is 0 Å². The van der Waals surface area contributed by atoms with Crippen molar-refractivity contribution < 1.29 is 18.0 Å². The molecule has 2 aromatic rings. The van der Waals surface area contributed by atoms with E-state index in [-0.39, 0.29) is 29.2 Å². The first kappa shape index (κ1) is 20.0. The molecule has 0 aliphatic carbocycles. The summed E-state index contributed by atoms with van der Waals surface area (Å²) in [5.74, 6) is -4.00. The van der Waals surface area contributed by atoms with Gasteiger partial charge in [0.05, 0.1) is 34.2 Å². The molecule has 0 radical (unpaired) electrons. The van der Waals surface area contributed by atoms with Crippen LogP contribution in [0.2, 0.25) is 5.02 Å². The van der Waals surface area contributed by atoms with Gasteiger partial charge in [0.1, 0.15) is 5.82 Å². The zero-order valence-corrected chi connectivity index (χ0v) is 15.8. The molecule has 1 amide bonds. The Morgan fingerprint density at radius 3 is 2.64 bits per heavy atom. The molecule has 1 heterocycles. The van der Waals surface area contributed by atoms with Crippen molar-refractivity contribution in [1.82, 2.24) is 0 Å². The molecule has 0 aromatic heterocycles. The van der Waals surface area contributed by atoms with Gasteiger partial charge in [-0.15, -0.1) is 0 Å². The van der Waals surface area contributed by atoms with E-state index in [4.69, 9.17) is 11.6 Å². The Morgan fingerprint density at radius 1 is 1.32 bits per heavy atom. The fourth-order valence-electron chi connectivity index (χ4n) is 3.07. The summed E-state index contributed by atoms with van der Waals surface area (Å²) in [4.78, 5) is 18.2. The number of alkyl halides is 2. The SMILES string of the molecule is C=Nc1cc(C(=O)Nc2ccc(F)c(Cl)c2)c(N2CCC(F)(F)C2)cc1NC. The second kappa shape index (κ2) is 7.71. The Kier molecular flexibility index (Phi) is 5.51. The van der Waals surface area contributed by atoms with E-state index in [0.717, 1.165) is 6.07 Å². The van der Waals surface area contributed by atoms with Crippen molar-refractivity contribution in [3.05, 3.63) is 46.7 Å². The molecule has 3 rings (SSSR count). The highest BCUT2D eigenvalue weighted by molar-refractivity contribution is 6.31. The maximum absolute atomic E-state index is 13.7. The molecule has 1 aliphatic heterocycles. The van der Waals surface area contributed by atoms with Crippen LogP contribution in [0.25, 0.3) is 0 Å². The van der Waals surface area contributed by atoms with E-state index in [1.54, 1.807) is 13.1 Å². The highest BCUT2D eigenvalue weighted by Gasteiger charge is 2.39. The molecule has 1 fully saturated rings. The smallest absolute Gasteiger partial charge is 0.266 e. The summed E-state index contributed by atoms with van der Waals surface area (Å²) >= 11 is 5.75. The van der Waals surface area contributed by atoms with Crippen molar-refractivity contribution in [2.24, 2.45) is 4.99 Å². The topological polar surface area (TPSA) is 56.7 Å². The van der Waals surface area contributed by atoms with Gasteiger partial charge in [0.2, 0.25) is 0 Å². The van der Waals surface area contributed by atoms with E-state index >= 15 is 0 Å². The number of hydrogen-bond acceptors (Lipinski definition) is 4.